The van der Waals surface area contributed by atoms with Gasteiger partial charge < -0.3 is 4.74 Å². The predicted molar refractivity (Wildman–Crippen MR) is 132 cm³/mol. The molecule has 0 radical (unpaired) electrons. The summed E-state index contributed by atoms with van der Waals surface area (Å²) < 4.78 is 56.6. The second kappa shape index (κ2) is 10.2. The van der Waals surface area contributed by atoms with E-state index in [0.717, 1.165) is 42.5 Å². The normalized spacial score (nSPS) is 19.2. The Balaban J connectivity index is 0.000000153. The molecule has 37 heavy (non-hydrogen) atoms. The minimum Gasteiger partial charge on any atom is -0.373 e. The number of nitrogens with zero attached hydrogens (tertiary/aromatic N) is 6. The second-order valence-corrected chi connectivity index (χ2v) is 11.4. The zero-order valence-electron chi connectivity index (χ0n) is 20.4. The fourth-order valence-corrected chi connectivity index (χ4v) is 5.71. The van der Waals surface area contributed by atoms with Crippen LogP contribution < -0.4 is 0 Å². The van der Waals surface area contributed by atoms with Crippen LogP contribution in [0, 0.1) is 25.5 Å². The van der Waals surface area contributed by atoms with Crippen molar-refractivity contribution in [3.05, 3.63) is 65.5 Å². The van der Waals surface area contributed by atoms with E-state index in [2.05, 4.69) is 25.0 Å². The number of halogens is 2. The Kier molecular flexibility index (Phi) is 6.95. The van der Waals surface area contributed by atoms with Crippen molar-refractivity contribution in [3.63, 3.8) is 0 Å². The lowest BCUT2D eigenvalue weighted by Crippen LogP contribution is -2.38. The summed E-state index contributed by atoms with van der Waals surface area (Å²) >= 11 is 0. The van der Waals surface area contributed by atoms with Crippen LogP contribution in [0.15, 0.2) is 36.9 Å². The average molecular weight is 529 g/mol. The van der Waals surface area contributed by atoms with Crippen LogP contribution in [0.5, 0.6) is 0 Å². The summed E-state index contributed by atoms with van der Waals surface area (Å²) in [6.45, 7) is 4.44. The summed E-state index contributed by atoms with van der Waals surface area (Å²) in [7, 11) is -2.79. The lowest BCUT2D eigenvalue weighted by atomic mass is 10.0. The van der Waals surface area contributed by atoms with Gasteiger partial charge in [0.15, 0.2) is 15.5 Å². The van der Waals surface area contributed by atoms with Crippen molar-refractivity contribution in [3.8, 4) is 11.3 Å². The first-order valence-corrected chi connectivity index (χ1v) is 13.8. The summed E-state index contributed by atoms with van der Waals surface area (Å²) in [6, 6.07) is 3.36. The molecule has 1 aromatic carbocycles. The van der Waals surface area contributed by atoms with E-state index in [0.29, 0.717) is 16.9 Å². The summed E-state index contributed by atoms with van der Waals surface area (Å²) in [5.74, 6) is -0.882. The highest BCUT2D eigenvalue weighted by Gasteiger charge is 2.35. The van der Waals surface area contributed by atoms with Crippen LogP contribution >= 0.6 is 0 Å². The zero-order valence-corrected chi connectivity index (χ0v) is 21.3. The molecule has 0 bridgehead atoms. The van der Waals surface area contributed by atoms with Crippen LogP contribution in [0.4, 0.5) is 8.78 Å². The molecule has 2 aliphatic rings. The third-order valence-corrected chi connectivity index (χ3v) is 8.29. The summed E-state index contributed by atoms with van der Waals surface area (Å²) in [6.07, 6.45) is 8.54. The number of aromatic nitrogens is 6. The average Bonchev–Trinajstić information content (AvgIpc) is 3.34. The quantitative estimate of drug-likeness (QED) is 0.391. The summed E-state index contributed by atoms with van der Waals surface area (Å²) in [5.41, 5.74) is 3.83. The Morgan fingerprint density at radius 3 is 2.54 bits per heavy atom. The predicted octanol–water partition coefficient (Wildman–Crippen LogP) is 4.08. The number of sulfone groups is 1. The Labute approximate surface area is 212 Å². The molecule has 5 heterocycles. The molecule has 12 heteroatoms. The van der Waals surface area contributed by atoms with Crippen LogP contribution in [-0.4, -0.2) is 56.2 Å². The summed E-state index contributed by atoms with van der Waals surface area (Å²) in [5, 5.41) is 4.25. The first-order valence-electron chi connectivity index (χ1n) is 12.0. The van der Waals surface area contributed by atoms with Gasteiger partial charge in [-0.1, -0.05) is 0 Å². The Bertz CT molecular complexity index is 1540. The molecule has 0 amide bonds. The Hall–Kier alpha value is -3.38. The van der Waals surface area contributed by atoms with Gasteiger partial charge in [0, 0.05) is 30.0 Å². The van der Waals surface area contributed by atoms with E-state index < -0.39 is 21.5 Å². The van der Waals surface area contributed by atoms with Crippen molar-refractivity contribution in [1.29, 1.82) is 0 Å². The maximum atomic E-state index is 13.9. The van der Waals surface area contributed by atoms with Gasteiger partial charge in [-0.2, -0.15) is 5.10 Å². The monoisotopic (exact) mass is 528 g/mol. The van der Waals surface area contributed by atoms with E-state index >= 15 is 0 Å². The highest BCUT2D eigenvalue weighted by Crippen LogP contribution is 2.30. The fourth-order valence-electron chi connectivity index (χ4n) is 4.33. The molecule has 2 fully saturated rings. The lowest BCUT2D eigenvalue weighted by Gasteiger charge is -2.26. The fraction of sp³-hybridized carbons (Fsp3) is 0.400. The second-order valence-electron chi connectivity index (χ2n) is 9.25. The molecule has 4 aromatic rings. The van der Waals surface area contributed by atoms with Crippen LogP contribution in [0.3, 0.4) is 0 Å². The molecule has 1 atom stereocenters. The Morgan fingerprint density at radius 2 is 1.84 bits per heavy atom. The number of rotatable bonds is 3. The molecule has 0 aliphatic carbocycles. The zero-order chi connectivity index (χ0) is 26.2. The highest BCUT2D eigenvalue weighted by molar-refractivity contribution is 7.92. The van der Waals surface area contributed by atoms with Gasteiger partial charge in [-0.3, -0.25) is 4.68 Å². The molecule has 0 saturated carbocycles. The number of fused-ring (bicyclic) bond motifs is 1. The molecule has 2 saturated heterocycles. The molecule has 6 rings (SSSR count). The van der Waals surface area contributed by atoms with Gasteiger partial charge in [0.05, 0.1) is 41.2 Å². The lowest BCUT2D eigenvalue weighted by molar-refractivity contribution is 0.0149. The maximum Gasteiger partial charge on any atom is 0.182 e. The van der Waals surface area contributed by atoms with Gasteiger partial charge in [-0.15, -0.1) is 0 Å². The van der Waals surface area contributed by atoms with Gasteiger partial charge in [0.1, 0.15) is 29.2 Å². The van der Waals surface area contributed by atoms with Crippen molar-refractivity contribution >= 4 is 21.0 Å². The first-order chi connectivity index (χ1) is 17.7. The number of hydrogen-bond acceptors (Lipinski definition) is 8. The summed E-state index contributed by atoms with van der Waals surface area (Å²) in [4.78, 5) is 16.8. The van der Waals surface area contributed by atoms with Gasteiger partial charge in [0.2, 0.25) is 0 Å². The number of hydrogen-bond donors (Lipinski definition) is 0. The molecular weight excluding hydrogens is 502 g/mol. The smallest absolute Gasteiger partial charge is 0.182 e. The third kappa shape index (κ3) is 5.49. The SMILES string of the molecule is Cc1nc2ncnc(-c3ccc(F)cc3F)c2nc1C.O=S1(=O)CC(n2cc(C3CCCCO3)cn2)C1. The number of ether oxygens (including phenoxy) is 1. The van der Waals surface area contributed by atoms with E-state index in [-0.39, 0.29) is 29.2 Å². The van der Waals surface area contributed by atoms with Crippen LogP contribution in [0.1, 0.15) is 48.4 Å². The van der Waals surface area contributed by atoms with Crippen LogP contribution in [0.2, 0.25) is 0 Å². The van der Waals surface area contributed by atoms with Gasteiger partial charge in [-0.25, -0.2) is 37.1 Å². The number of benzene rings is 1. The molecule has 194 valence electrons. The molecule has 1 unspecified atom stereocenters. The van der Waals surface area contributed by atoms with Crippen molar-refractivity contribution in [2.75, 3.05) is 18.1 Å². The maximum absolute atomic E-state index is 13.9. The van der Waals surface area contributed by atoms with E-state index in [1.54, 1.807) is 17.8 Å². The van der Waals surface area contributed by atoms with Gasteiger partial charge in [0.25, 0.3) is 0 Å². The van der Waals surface area contributed by atoms with Crippen molar-refractivity contribution in [2.45, 2.75) is 45.3 Å². The van der Waals surface area contributed by atoms with Gasteiger partial charge in [-0.05, 0) is 45.2 Å². The molecule has 2 aliphatic heterocycles. The van der Waals surface area contributed by atoms with E-state index in [9.17, 15) is 17.2 Å². The minimum absolute atomic E-state index is 0.0253. The molecular formula is C25H26F2N6O3S. The van der Waals surface area contributed by atoms with Crippen LogP contribution in [0.25, 0.3) is 22.4 Å². The highest BCUT2D eigenvalue weighted by atomic mass is 32.2. The first kappa shape index (κ1) is 25.3. The van der Waals surface area contributed by atoms with Crippen molar-refractivity contribution < 1.29 is 21.9 Å². The number of aryl methyl sites for hydroxylation is 2. The molecule has 0 spiro atoms. The van der Waals surface area contributed by atoms with Gasteiger partial charge >= 0.3 is 0 Å². The standard InChI is InChI=1S/C14H10F2N4.C11H16N2O3S/c1-7-8(2)20-14-13(19-7)12(17-6-18-14)10-4-3-9(15)5-11(10)16;14-17(15)7-10(8-17)13-6-9(5-12-13)11-3-1-2-4-16-11/h3-6H,1-2H3;5-6,10-11H,1-4,7-8H2. The van der Waals surface area contributed by atoms with E-state index in [1.807, 2.05) is 13.1 Å². The Morgan fingerprint density at radius 1 is 1.05 bits per heavy atom. The third-order valence-electron chi connectivity index (χ3n) is 6.51. The van der Waals surface area contributed by atoms with Crippen LogP contribution in [-0.2, 0) is 14.6 Å². The van der Waals surface area contributed by atoms with E-state index in [4.69, 9.17) is 4.74 Å². The van der Waals surface area contributed by atoms with E-state index in [1.165, 1.54) is 24.9 Å². The minimum atomic E-state index is -2.79. The topological polar surface area (TPSA) is 113 Å². The van der Waals surface area contributed by atoms with Crippen molar-refractivity contribution in [2.24, 2.45) is 0 Å². The molecule has 0 N–H and O–H groups in total. The van der Waals surface area contributed by atoms with Crippen molar-refractivity contribution in [1.82, 2.24) is 29.7 Å². The molecule has 3 aromatic heterocycles. The largest absolute Gasteiger partial charge is 0.373 e. The molecule has 9 nitrogen and oxygen atoms in total.